The molecule has 0 atom stereocenters. The number of ether oxygens (including phenoxy) is 2. The Hall–Kier alpha value is -0.930. The maximum Gasteiger partial charge on any atom is 0.344 e. The van der Waals surface area contributed by atoms with E-state index in [1.807, 2.05) is 0 Å². The van der Waals surface area contributed by atoms with Gasteiger partial charge in [0.1, 0.15) is 5.75 Å². The van der Waals surface area contributed by atoms with E-state index in [0.29, 0.717) is 22.4 Å². The van der Waals surface area contributed by atoms with Gasteiger partial charge in [-0.1, -0.05) is 23.2 Å². The number of hydrogen-bond acceptors (Lipinski definition) is 3. The summed E-state index contributed by atoms with van der Waals surface area (Å²) in [5, 5.41) is 0.832. The Labute approximate surface area is 97.9 Å². The molecule has 0 aliphatic heterocycles. The topological polar surface area (TPSA) is 35.5 Å². The molecule has 0 bridgehead atoms. The summed E-state index contributed by atoms with van der Waals surface area (Å²) < 4.78 is 9.83. The lowest BCUT2D eigenvalue weighted by atomic mass is 10.3. The summed E-state index contributed by atoms with van der Waals surface area (Å²) in [5.41, 5.74) is 0. The van der Waals surface area contributed by atoms with Crippen LogP contribution in [0.1, 0.15) is 6.92 Å². The quantitative estimate of drug-likeness (QED) is 0.769. The fourth-order valence-corrected chi connectivity index (χ4v) is 1.20. The average Bonchev–Trinajstić information content (AvgIpc) is 2.20. The van der Waals surface area contributed by atoms with Gasteiger partial charge in [0.25, 0.3) is 0 Å². The maximum absolute atomic E-state index is 11.0. The molecule has 1 rings (SSSR count). The minimum Gasteiger partial charge on any atom is -0.482 e. The Bertz CT molecular complexity index is 353. The molecule has 0 spiro atoms. The van der Waals surface area contributed by atoms with E-state index >= 15 is 0 Å². The van der Waals surface area contributed by atoms with Crippen LogP contribution in [0.15, 0.2) is 18.2 Å². The molecule has 0 unspecified atom stereocenters. The zero-order chi connectivity index (χ0) is 11.3. The van der Waals surface area contributed by atoms with Crippen molar-refractivity contribution in [2.45, 2.75) is 6.92 Å². The van der Waals surface area contributed by atoms with Gasteiger partial charge in [0, 0.05) is 6.07 Å². The number of rotatable bonds is 4. The first-order valence-corrected chi connectivity index (χ1v) is 5.12. The van der Waals surface area contributed by atoms with Crippen molar-refractivity contribution in [1.82, 2.24) is 0 Å². The number of hydrogen-bond donors (Lipinski definition) is 0. The Kier molecular flexibility index (Phi) is 4.72. The summed E-state index contributed by atoms with van der Waals surface area (Å²) in [5.74, 6) is 0.0704. The van der Waals surface area contributed by atoms with Crippen molar-refractivity contribution >= 4 is 29.2 Å². The number of benzene rings is 1. The molecule has 5 heteroatoms. The summed E-state index contributed by atoms with van der Waals surface area (Å²) in [6.07, 6.45) is 0. The predicted octanol–water partition coefficient (Wildman–Crippen LogP) is 2.94. The molecular weight excluding hydrogens is 239 g/mol. The van der Waals surface area contributed by atoms with Gasteiger partial charge in [-0.05, 0) is 19.1 Å². The van der Waals surface area contributed by atoms with Crippen molar-refractivity contribution in [2.24, 2.45) is 0 Å². The molecule has 0 heterocycles. The van der Waals surface area contributed by atoms with Crippen LogP contribution in [0.4, 0.5) is 0 Å². The molecule has 0 aromatic heterocycles. The molecule has 1 aromatic rings. The minimum atomic E-state index is -0.413. The van der Waals surface area contributed by atoms with Crippen LogP contribution in [0, 0.1) is 0 Å². The first kappa shape index (κ1) is 12.1. The third-order valence-electron chi connectivity index (χ3n) is 1.55. The molecule has 0 amide bonds. The fraction of sp³-hybridized carbons (Fsp3) is 0.300. The van der Waals surface area contributed by atoms with E-state index in [-0.39, 0.29) is 6.61 Å². The lowest BCUT2D eigenvalue weighted by molar-refractivity contribution is -0.145. The van der Waals surface area contributed by atoms with Crippen LogP contribution in [-0.2, 0) is 9.53 Å². The van der Waals surface area contributed by atoms with Gasteiger partial charge >= 0.3 is 5.97 Å². The van der Waals surface area contributed by atoms with Gasteiger partial charge in [0.15, 0.2) is 6.61 Å². The predicted molar refractivity (Wildman–Crippen MR) is 58.6 cm³/mol. The van der Waals surface area contributed by atoms with E-state index in [1.165, 1.54) is 0 Å². The Morgan fingerprint density at radius 2 is 2.07 bits per heavy atom. The average molecular weight is 249 g/mol. The van der Waals surface area contributed by atoms with Gasteiger partial charge in [-0.3, -0.25) is 0 Å². The fourth-order valence-electron chi connectivity index (χ4n) is 0.912. The molecule has 0 aliphatic rings. The molecule has 3 nitrogen and oxygen atoms in total. The van der Waals surface area contributed by atoms with Crippen LogP contribution < -0.4 is 4.74 Å². The summed E-state index contributed by atoms with van der Waals surface area (Å²) in [4.78, 5) is 11.0. The molecule has 82 valence electrons. The van der Waals surface area contributed by atoms with Crippen LogP contribution >= 0.6 is 23.2 Å². The molecule has 0 radical (unpaired) electrons. The Morgan fingerprint density at radius 1 is 1.33 bits per heavy atom. The van der Waals surface area contributed by atoms with Gasteiger partial charge in [-0.2, -0.15) is 0 Å². The number of carbonyl (C=O) groups is 1. The lowest BCUT2D eigenvalue weighted by Crippen LogP contribution is -2.14. The van der Waals surface area contributed by atoms with Gasteiger partial charge < -0.3 is 9.47 Å². The van der Waals surface area contributed by atoms with E-state index in [1.54, 1.807) is 25.1 Å². The van der Waals surface area contributed by atoms with Crippen molar-refractivity contribution in [1.29, 1.82) is 0 Å². The highest BCUT2D eigenvalue weighted by Crippen LogP contribution is 2.26. The number of esters is 1. The minimum absolute atomic E-state index is 0.133. The second-order valence-electron chi connectivity index (χ2n) is 2.67. The number of halogens is 2. The summed E-state index contributed by atoms with van der Waals surface area (Å²) in [6, 6.07) is 4.78. The highest BCUT2D eigenvalue weighted by Gasteiger charge is 2.04. The summed E-state index contributed by atoms with van der Waals surface area (Å²) >= 11 is 11.5. The highest BCUT2D eigenvalue weighted by atomic mass is 35.5. The van der Waals surface area contributed by atoms with Crippen LogP contribution in [0.2, 0.25) is 10.0 Å². The van der Waals surface area contributed by atoms with Crippen LogP contribution in [0.3, 0.4) is 0 Å². The standard InChI is InChI=1S/C10H10Cl2O3/c1-2-14-10(13)6-15-7-3-4-8(11)9(12)5-7/h3-5H,2,6H2,1H3. The lowest BCUT2D eigenvalue weighted by Gasteiger charge is -2.06. The zero-order valence-electron chi connectivity index (χ0n) is 8.13. The SMILES string of the molecule is CCOC(=O)COc1ccc(Cl)c(Cl)c1. The van der Waals surface area contributed by atoms with Crippen molar-refractivity contribution in [2.75, 3.05) is 13.2 Å². The van der Waals surface area contributed by atoms with Crippen molar-refractivity contribution in [3.8, 4) is 5.75 Å². The van der Waals surface area contributed by atoms with Crippen molar-refractivity contribution < 1.29 is 14.3 Å². The van der Waals surface area contributed by atoms with Crippen molar-refractivity contribution in [3.63, 3.8) is 0 Å². The van der Waals surface area contributed by atoms with Gasteiger partial charge in [-0.25, -0.2) is 4.79 Å². The molecule has 0 saturated heterocycles. The van der Waals surface area contributed by atoms with Crippen LogP contribution in [0.25, 0.3) is 0 Å². The van der Waals surface area contributed by atoms with E-state index < -0.39 is 5.97 Å². The maximum atomic E-state index is 11.0. The smallest absolute Gasteiger partial charge is 0.344 e. The highest BCUT2D eigenvalue weighted by molar-refractivity contribution is 6.42. The van der Waals surface area contributed by atoms with E-state index in [9.17, 15) is 4.79 Å². The molecule has 15 heavy (non-hydrogen) atoms. The third-order valence-corrected chi connectivity index (χ3v) is 2.29. The first-order valence-electron chi connectivity index (χ1n) is 4.37. The van der Waals surface area contributed by atoms with E-state index in [2.05, 4.69) is 0 Å². The molecule has 0 aliphatic carbocycles. The van der Waals surface area contributed by atoms with E-state index in [4.69, 9.17) is 32.7 Å². The summed E-state index contributed by atoms with van der Waals surface area (Å²) in [6.45, 7) is 1.94. The molecule has 0 fully saturated rings. The zero-order valence-corrected chi connectivity index (χ0v) is 9.64. The Morgan fingerprint density at radius 3 is 2.67 bits per heavy atom. The molecule has 1 aromatic carbocycles. The molecule has 0 N–H and O–H groups in total. The number of carbonyl (C=O) groups excluding carboxylic acids is 1. The van der Waals surface area contributed by atoms with Gasteiger partial charge in [0.05, 0.1) is 16.7 Å². The molecule has 0 saturated carbocycles. The van der Waals surface area contributed by atoms with Crippen molar-refractivity contribution in [3.05, 3.63) is 28.2 Å². The van der Waals surface area contributed by atoms with Gasteiger partial charge in [0.2, 0.25) is 0 Å². The second-order valence-corrected chi connectivity index (χ2v) is 3.48. The molecular formula is C10H10Cl2O3. The second kappa shape index (κ2) is 5.83. The first-order chi connectivity index (χ1) is 7.13. The van der Waals surface area contributed by atoms with Crippen LogP contribution in [0.5, 0.6) is 5.75 Å². The van der Waals surface area contributed by atoms with Crippen LogP contribution in [-0.4, -0.2) is 19.2 Å². The normalized spacial score (nSPS) is 9.80. The third kappa shape index (κ3) is 3.98. The summed E-state index contributed by atoms with van der Waals surface area (Å²) in [7, 11) is 0. The monoisotopic (exact) mass is 248 g/mol. The largest absolute Gasteiger partial charge is 0.482 e. The Balaban J connectivity index is 2.51. The van der Waals surface area contributed by atoms with Gasteiger partial charge in [-0.15, -0.1) is 0 Å². The van der Waals surface area contributed by atoms with E-state index in [0.717, 1.165) is 0 Å².